The van der Waals surface area contributed by atoms with Gasteiger partial charge in [-0.1, -0.05) is 23.7 Å². The van der Waals surface area contributed by atoms with Crippen molar-refractivity contribution in [2.75, 3.05) is 18.0 Å². The van der Waals surface area contributed by atoms with E-state index in [-0.39, 0.29) is 0 Å². The van der Waals surface area contributed by atoms with Gasteiger partial charge in [-0.3, -0.25) is 0 Å². The van der Waals surface area contributed by atoms with Crippen molar-refractivity contribution in [1.82, 2.24) is 19.5 Å². The monoisotopic (exact) mass is 343 g/mol. The number of rotatable bonds is 2. The van der Waals surface area contributed by atoms with Crippen molar-refractivity contribution in [2.45, 2.75) is 18.4 Å². The minimum atomic E-state index is -0.822. The second kappa shape index (κ2) is 5.72. The molecule has 3 heterocycles. The molecule has 2 aromatic heterocycles. The Balaban J connectivity index is 1.58. The maximum atomic E-state index is 11.0. The number of aromatic nitrogens is 4. The van der Waals surface area contributed by atoms with Gasteiger partial charge in [0.2, 0.25) is 0 Å². The summed E-state index contributed by atoms with van der Waals surface area (Å²) in [5, 5.41) is 11.7. The molecule has 0 amide bonds. The van der Waals surface area contributed by atoms with Crippen molar-refractivity contribution in [3.8, 4) is 0 Å². The molecular formula is C17H18ClN5O. The SMILES string of the molecule is Cn1cnc2c(N3CCC(O)(c4ccc(Cl)cc4)CC3)ncnc21. The van der Waals surface area contributed by atoms with Crippen LogP contribution in [0.4, 0.5) is 5.82 Å². The summed E-state index contributed by atoms with van der Waals surface area (Å²) < 4.78 is 1.88. The largest absolute Gasteiger partial charge is 0.385 e. The van der Waals surface area contributed by atoms with Gasteiger partial charge in [0.1, 0.15) is 6.33 Å². The van der Waals surface area contributed by atoms with Crippen LogP contribution < -0.4 is 4.90 Å². The quantitative estimate of drug-likeness (QED) is 0.774. The molecular weight excluding hydrogens is 326 g/mol. The molecule has 0 radical (unpaired) electrons. The summed E-state index contributed by atoms with van der Waals surface area (Å²) in [6, 6.07) is 7.45. The van der Waals surface area contributed by atoms with Gasteiger partial charge in [0.05, 0.1) is 11.9 Å². The van der Waals surface area contributed by atoms with Crippen LogP contribution in [0.25, 0.3) is 11.2 Å². The van der Waals surface area contributed by atoms with Crippen LogP contribution in [-0.4, -0.2) is 37.7 Å². The Morgan fingerprint density at radius 3 is 2.50 bits per heavy atom. The number of aryl methyl sites for hydroxylation is 1. The number of aliphatic hydroxyl groups is 1. The van der Waals surface area contributed by atoms with Crippen LogP contribution in [0.2, 0.25) is 5.02 Å². The van der Waals surface area contributed by atoms with Crippen LogP contribution in [0.3, 0.4) is 0 Å². The molecule has 1 fully saturated rings. The van der Waals surface area contributed by atoms with Crippen LogP contribution >= 0.6 is 11.6 Å². The van der Waals surface area contributed by atoms with Crippen molar-refractivity contribution in [1.29, 1.82) is 0 Å². The fraction of sp³-hybridized carbons (Fsp3) is 0.353. The van der Waals surface area contributed by atoms with E-state index in [2.05, 4.69) is 19.9 Å². The number of benzene rings is 1. The van der Waals surface area contributed by atoms with E-state index in [1.54, 1.807) is 12.7 Å². The summed E-state index contributed by atoms with van der Waals surface area (Å²) in [7, 11) is 1.92. The Morgan fingerprint density at radius 1 is 1.08 bits per heavy atom. The predicted molar refractivity (Wildman–Crippen MR) is 93.1 cm³/mol. The Labute approximate surface area is 144 Å². The summed E-state index contributed by atoms with van der Waals surface area (Å²) in [6.45, 7) is 1.42. The fourth-order valence-electron chi connectivity index (χ4n) is 3.30. The van der Waals surface area contributed by atoms with Crippen LogP contribution in [0.1, 0.15) is 18.4 Å². The van der Waals surface area contributed by atoms with E-state index < -0.39 is 5.60 Å². The molecule has 0 spiro atoms. The zero-order valence-electron chi connectivity index (χ0n) is 13.4. The number of nitrogens with zero attached hydrogens (tertiary/aromatic N) is 5. The highest BCUT2D eigenvalue weighted by molar-refractivity contribution is 6.30. The summed E-state index contributed by atoms with van der Waals surface area (Å²) in [6.07, 6.45) is 4.58. The van der Waals surface area contributed by atoms with Gasteiger partial charge in [0.15, 0.2) is 17.0 Å². The van der Waals surface area contributed by atoms with E-state index in [1.165, 1.54) is 0 Å². The fourth-order valence-corrected chi connectivity index (χ4v) is 3.43. The number of anilines is 1. The zero-order valence-corrected chi connectivity index (χ0v) is 14.1. The molecule has 1 aliphatic rings. The number of fused-ring (bicyclic) bond motifs is 1. The Morgan fingerprint density at radius 2 is 1.79 bits per heavy atom. The number of imidazole rings is 1. The smallest absolute Gasteiger partial charge is 0.165 e. The minimum Gasteiger partial charge on any atom is -0.385 e. The second-order valence-electron chi connectivity index (χ2n) is 6.25. The van der Waals surface area contributed by atoms with Gasteiger partial charge in [-0.2, -0.15) is 0 Å². The first kappa shape index (κ1) is 15.4. The second-order valence-corrected chi connectivity index (χ2v) is 6.69. The van der Waals surface area contributed by atoms with Gasteiger partial charge < -0.3 is 14.6 Å². The average Bonchev–Trinajstić information content (AvgIpc) is 2.98. The summed E-state index contributed by atoms with van der Waals surface area (Å²) in [5.74, 6) is 0.832. The van der Waals surface area contributed by atoms with Gasteiger partial charge in [0.25, 0.3) is 0 Å². The van der Waals surface area contributed by atoms with Gasteiger partial charge in [-0.05, 0) is 30.5 Å². The maximum absolute atomic E-state index is 11.0. The third-order valence-corrected chi connectivity index (χ3v) is 5.00. The Bertz CT molecular complexity index is 868. The highest BCUT2D eigenvalue weighted by Gasteiger charge is 2.35. The molecule has 4 rings (SSSR count). The van der Waals surface area contributed by atoms with E-state index in [9.17, 15) is 5.11 Å². The number of piperidine rings is 1. The van der Waals surface area contributed by atoms with Crippen molar-refractivity contribution in [2.24, 2.45) is 7.05 Å². The molecule has 1 aliphatic heterocycles. The predicted octanol–water partition coefficient (Wildman–Crippen LogP) is 2.50. The summed E-state index contributed by atoms with van der Waals surface area (Å²) in [5.41, 5.74) is 1.71. The van der Waals surface area contributed by atoms with Crippen molar-refractivity contribution >= 4 is 28.6 Å². The summed E-state index contributed by atoms with van der Waals surface area (Å²) in [4.78, 5) is 15.3. The Hall–Kier alpha value is -2.18. The lowest BCUT2D eigenvalue weighted by atomic mass is 9.84. The Kier molecular flexibility index (Phi) is 3.66. The number of hydrogen-bond donors (Lipinski definition) is 1. The molecule has 1 aromatic carbocycles. The molecule has 1 N–H and O–H groups in total. The van der Waals surface area contributed by atoms with Crippen molar-refractivity contribution in [3.05, 3.63) is 47.5 Å². The van der Waals surface area contributed by atoms with Crippen LogP contribution in [-0.2, 0) is 12.6 Å². The van der Waals surface area contributed by atoms with Gasteiger partial charge in [-0.25, -0.2) is 15.0 Å². The first-order chi connectivity index (χ1) is 11.6. The number of hydrogen-bond acceptors (Lipinski definition) is 5. The standard InChI is InChI=1S/C17H18ClN5O/c1-22-11-21-14-15(22)19-10-20-16(14)23-8-6-17(24,7-9-23)12-2-4-13(18)5-3-12/h2-5,10-11,24H,6-9H2,1H3. The maximum Gasteiger partial charge on any atom is 0.165 e. The van der Waals surface area contributed by atoms with E-state index in [0.717, 1.165) is 22.5 Å². The molecule has 1 saturated heterocycles. The summed E-state index contributed by atoms with van der Waals surface area (Å²) >= 11 is 5.94. The first-order valence-corrected chi connectivity index (χ1v) is 8.30. The van der Waals surface area contributed by atoms with E-state index in [4.69, 9.17) is 11.6 Å². The van der Waals surface area contributed by atoms with E-state index in [1.807, 2.05) is 35.9 Å². The molecule has 3 aromatic rings. The van der Waals surface area contributed by atoms with Crippen molar-refractivity contribution < 1.29 is 5.11 Å². The van der Waals surface area contributed by atoms with E-state index in [0.29, 0.717) is 31.0 Å². The van der Waals surface area contributed by atoms with Crippen molar-refractivity contribution in [3.63, 3.8) is 0 Å². The molecule has 24 heavy (non-hydrogen) atoms. The molecule has 0 saturated carbocycles. The minimum absolute atomic E-state index is 0.632. The van der Waals surface area contributed by atoms with Crippen LogP contribution in [0.5, 0.6) is 0 Å². The van der Waals surface area contributed by atoms with Gasteiger partial charge in [0, 0.05) is 25.2 Å². The first-order valence-electron chi connectivity index (χ1n) is 7.92. The number of halogens is 1. The van der Waals surface area contributed by atoms with E-state index >= 15 is 0 Å². The molecule has 0 aliphatic carbocycles. The zero-order chi connectivity index (χ0) is 16.7. The molecule has 7 heteroatoms. The third-order valence-electron chi connectivity index (χ3n) is 4.75. The molecule has 6 nitrogen and oxygen atoms in total. The lowest BCUT2D eigenvalue weighted by Crippen LogP contribution is -2.43. The lowest BCUT2D eigenvalue weighted by molar-refractivity contribution is 0.0117. The normalized spacial score (nSPS) is 17.4. The molecule has 0 bridgehead atoms. The highest BCUT2D eigenvalue weighted by atomic mass is 35.5. The van der Waals surface area contributed by atoms with Crippen LogP contribution in [0, 0.1) is 0 Å². The lowest BCUT2D eigenvalue weighted by Gasteiger charge is -2.39. The molecule has 0 unspecified atom stereocenters. The molecule has 0 atom stereocenters. The topological polar surface area (TPSA) is 67.1 Å². The molecule has 124 valence electrons. The van der Waals surface area contributed by atoms with Crippen LogP contribution in [0.15, 0.2) is 36.9 Å². The van der Waals surface area contributed by atoms with Gasteiger partial charge >= 0.3 is 0 Å². The van der Waals surface area contributed by atoms with Gasteiger partial charge in [-0.15, -0.1) is 0 Å². The highest BCUT2D eigenvalue weighted by Crippen LogP contribution is 2.35. The third kappa shape index (κ3) is 2.52. The average molecular weight is 344 g/mol.